The molecule has 1 N–H and O–H groups in total. The quantitative estimate of drug-likeness (QED) is 0.800. The molecule has 2 heterocycles. The average Bonchev–Trinajstić information content (AvgIpc) is 2.96. The number of halogens is 5. The van der Waals surface area contributed by atoms with Crippen molar-refractivity contribution in [2.24, 2.45) is 0 Å². The van der Waals surface area contributed by atoms with Gasteiger partial charge in [0.25, 0.3) is 5.91 Å². The molecule has 140 valence electrons. The number of alkyl halides is 3. The normalized spacial score (nSPS) is 15.9. The van der Waals surface area contributed by atoms with Gasteiger partial charge in [-0.05, 0) is 25.0 Å². The lowest BCUT2D eigenvalue weighted by Gasteiger charge is -2.22. The molecule has 0 radical (unpaired) electrons. The molecule has 0 bridgehead atoms. The van der Waals surface area contributed by atoms with Crippen LogP contribution in [0.1, 0.15) is 29.0 Å². The lowest BCUT2D eigenvalue weighted by atomic mass is 10.1. The van der Waals surface area contributed by atoms with Crippen molar-refractivity contribution in [1.29, 1.82) is 0 Å². The summed E-state index contributed by atoms with van der Waals surface area (Å²) in [5.74, 6) is -2.36. The van der Waals surface area contributed by atoms with Gasteiger partial charge < -0.3 is 14.6 Å². The Balaban J connectivity index is 1.82. The van der Waals surface area contributed by atoms with Crippen LogP contribution in [0.2, 0.25) is 5.02 Å². The van der Waals surface area contributed by atoms with Crippen LogP contribution >= 0.6 is 11.6 Å². The number of nitrogens with zero attached hydrogens (tertiary/aromatic N) is 1. The van der Waals surface area contributed by atoms with Crippen molar-refractivity contribution in [3.05, 3.63) is 40.4 Å². The van der Waals surface area contributed by atoms with E-state index in [4.69, 9.17) is 20.9 Å². The number of carbonyl (C=O) groups excluding carboxylic acids is 1. The Morgan fingerprint density at radius 1 is 1.27 bits per heavy atom. The predicted octanol–water partition coefficient (Wildman–Crippen LogP) is 4.06. The van der Waals surface area contributed by atoms with Crippen molar-refractivity contribution in [1.82, 2.24) is 10.5 Å². The smallest absolute Gasteiger partial charge is 0.381 e. The van der Waals surface area contributed by atoms with E-state index >= 15 is 0 Å². The molecular formula is C16H13ClF4N2O3. The summed E-state index contributed by atoms with van der Waals surface area (Å²) >= 11 is 6.07. The van der Waals surface area contributed by atoms with Gasteiger partial charge in [-0.2, -0.15) is 13.2 Å². The van der Waals surface area contributed by atoms with Crippen LogP contribution in [-0.4, -0.2) is 30.3 Å². The Kier molecular flexibility index (Phi) is 5.19. The van der Waals surface area contributed by atoms with Gasteiger partial charge in [0.15, 0.2) is 0 Å². The zero-order chi connectivity index (χ0) is 18.9. The molecule has 1 aliphatic rings. The molecule has 26 heavy (non-hydrogen) atoms. The van der Waals surface area contributed by atoms with Gasteiger partial charge in [0.2, 0.25) is 5.76 Å². The molecule has 0 unspecified atom stereocenters. The van der Waals surface area contributed by atoms with Crippen LogP contribution in [0.5, 0.6) is 0 Å². The molecule has 2 aromatic rings. The summed E-state index contributed by atoms with van der Waals surface area (Å²) in [6.07, 6.45) is -3.55. The van der Waals surface area contributed by atoms with Crippen LogP contribution in [-0.2, 0) is 10.9 Å². The second-order valence-corrected chi connectivity index (χ2v) is 6.10. The van der Waals surface area contributed by atoms with Crippen molar-refractivity contribution in [3.63, 3.8) is 0 Å². The number of nitrogens with one attached hydrogen (secondary N) is 1. The van der Waals surface area contributed by atoms with Gasteiger partial charge >= 0.3 is 6.18 Å². The molecule has 0 spiro atoms. The first kappa shape index (κ1) is 18.7. The number of carbonyl (C=O) groups is 1. The highest BCUT2D eigenvalue weighted by molar-refractivity contribution is 6.35. The minimum absolute atomic E-state index is 0.0330. The van der Waals surface area contributed by atoms with E-state index in [0.29, 0.717) is 38.2 Å². The minimum Gasteiger partial charge on any atom is -0.381 e. The number of hydrogen-bond acceptors (Lipinski definition) is 4. The maximum atomic E-state index is 13.7. The molecule has 1 amide bonds. The van der Waals surface area contributed by atoms with Crippen LogP contribution in [0, 0.1) is 5.82 Å². The first-order valence-corrected chi connectivity index (χ1v) is 8.06. The minimum atomic E-state index is -4.81. The highest BCUT2D eigenvalue weighted by Gasteiger charge is 2.34. The molecule has 0 atom stereocenters. The summed E-state index contributed by atoms with van der Waals surface area (Å²) in [6.45, 7) is 1.04. The highest BCUT2D eigenvalue weighted by Crippen LogP contribution is 2.35. The van der Waals surface area contributed by atoms with Crippen molar-refractivity contribution < 1.29 is 31.6 Å². The standard InChI is InChI=1S/C16H13ClF4N2O3/c17-12-13(8-1-2-10(11(18)7-8)16(19,20)21)23-26-14(12)15(24)22-9-3-5-25-6-4-9/h1-2,7,9H,3-6H2,(H,22,24). The number of benzene rings is 1. The van der Waals surface area contributed by atoms with Crippen molar-refractivity contribution in [2.75, 3.05) is 13.2 Å². The topological polar surface area (TPSA) is 64.4 Å². The lowest BCUT2D eigenvalue weighted by Crippen LogP contribution is -2.38. The predicted molar refractivity (Wildman–Crippen MR) is 83.2 cm³/mol. The maximum Gasteiger partial charge on any atom is 0.419 e. The third-order valence-electron chi connectivity index (χ3n) is 3.95. The summed E-state index contributed by atoms with van der Waals surface area (Å²) in [5.41, 5.74) is -1.55. The molecule has 3 rings (SSSR count). The first-order chi connectivity index (χ1) is 12.3. The fourth-order valence-electron chi connectivity index (χ4n) is 2.58. The Morgan fingerprint density at radius 3 is 2.58 bits per heavy atom. The van der Waals surface area contributed by atoms with Crippen molar-refractivity contribution in [3.8, 4) is 11.3 Å². The van der Waals surface area contributed by atoms with E-state index in [-0.39, 0.29) is 28.1 Å². The number of aromatic nitrogens is 1. The van der Waals surface area contributed by atoms with E-state index in [1.807, 2.05) is 0 Å². The number of hydrogen-bond donors (Lipinski definition) is 1. The summed E-state index contributed by atoms with van der Waals surface area (Å²) in [4.78, 5) is 12.2. The first-order valence-electron chi connectivity index (χ1n) is 7.68. The zero-order valence-electron chi connectivity index (χ0n) is 13.2. The van der Waals surface area contributed by atoms with E-state index in [1.165, 1.54) is 0 Å². The second-order valence-electron chi connectivity index (χ2n) is 5.73. The van der Waals surface area contributed by atoms with E-state index in [0.717, 1.165) is 6.07 Å². The largest absolute Gasteiger partial charge is 0.419 e. The molecule has 10 heteroatoms. The summed E-state index contributed by atoms with van der Waals surface area (Å²) in [7, 11) is 0. The van der Waals surface area contributed by atoms with Crippen molar-refractivity contribution in [2.45, 2.75) is 25.1 Å². The summed E-state index contributed by atoms with van der Waals surface area (Å²) in [5, 5.41) is 6.11. The number of amides is 1. The Bertz CT molecular complexity index is 816. The Hall–Kier alpha value is -2.13. The van der Waals surface area contributed by atoms with Gasteiger partial charge in [0.05, 0.1) is 5.56 Å². The Labute approximate surface area is 150 Å². The second kappa shape index (κ2) is 7.24. The summed E-state index contributed by atoms with van der Waals surface area (Å²) < 4.78 is 61.7. The van der Waals surface area contributed by atoms with Gasteiger partial charge in [-0.15, -0.1) is 0 Å². The fourth-order valence-corrected chi connectivity index (χ4v) is 2.85. The van der Waals surface area contributed by atoms with Crippen LogP contribution < -0.4 is 5.32 Å². The molecule has 1 saturated heterocycles. The van der Waals surface area contributed by atoms with Crippen LogP contribution in [0.3, 0.4) is 0 Å². The third-order valence-corrected chi connectivity index (χ3v) is 4.30. The van der Waals surface area contributed by atoms with Gasteiger partial charge in [-0.1, -0.05) is 22.8 Å². The van der Waals surface area contributed by atoms with E-state index in [2.05, 4.69) is 10.5 Å². The molecule has 1 aromatic heterocycles. The molecule has 1 aliphatic heterocycles. The van der Waals surface area contributed by atoms with Crippen LogP contribution in [0.25, 0.3) is 11.3 Å². The van der Waals surface area contributed by atoms with Gasteiger partial charge in [-0.25, -0.2) is 4.39 Å². The van der Waals surface area contributed by atoms with E-state index in [9.17, 15) is 22.4 Å². The SMILES string of the molecule is O=C(NC1CCOCC1)c1onc(-c2ccc(C(F)(F)F)c(F)c2)c1Cl. The third kappa shape index (κ3) is 3.83. The Morgan fingerprint density at radius 2 is 1.96 bits per heavy atom. The molecule has 0 saturated carbocycles. The summed E-state index contributed by atoms with van der Waals surface area (Å²) in [6, 6.07) is 2.13. The molecule has 5 nitrogen and oxygen atoms in total. The van der Waals surface area contributed by atoms with Crippen LogP contribution in [0.15, 0.2) is 22.7 Å². The van der Waals surface area contributed by atoms with Crippen LogP contribution in [0.4, 0.5) is 17.6 Å². The molecule has 0 aliphatic carbocycles. The maximum absolute atomic E-state index is 13.7. The zero-order valence-corrected chi connectivity index (χ0v) is 14.0. The van der Waals surface area contributed by atoms with Gasteiger partial charge in [0, 0.05) is 24.8 Å². The molecular weight excluding hydrogens is 380 g/mol. The average molecular weight is 393 g/mol. The monoisotopic (exact) mass is 392 g/mol. The molecule has 1 fully saturated rings. The van der Waals surface area contributed by atoms with E-state index < -0.39 is 23.5 Å². The highest BCUT2D eigenvalue weighted by atomic mass is 35.5. The van der Waals surface area contributed by atoms with E-state index in [1.54, 1.807) is 0 Å². The van der Waals surface area contributed by atoms with Gasteiger partial charge in [-0.3, -0.25) is 4.79 Å². The molecule has 1 aromatic carbocycles. The number of ether oxygens (including phenoxy) is 1. The number of rotatable bonds is 3. The van der Waals surface area contributed by atoms with Gasteiger partial charge in [0.1, 0.15) is 16.5 Å². The lowest BCUT2D eigenvalue weighted by molar-refractivity contribution is -0.139. The fraction of sp³-hybridized carbons (Fsp3) is 0.375. The van der Waals surface area contributed by atoms with Crippen molar-refractivity contribution >= 4 is 17.5 Å².